The molecule has 45 heavy (non-hydrogen) atoms. The molecule has 0 unspecified atom stereocenters. The maximum Gasteiger partial charge on any atom is 0.416 e. The summed E-state index contributed by atoms with van der Waals surface area (Å²) in [5, 5.41) is 7.80. The Bertz CT molecular complexity index is 1750. The van der Waals surface area contributed by atoms with E-state index in [-0.39, 0.29) is 11.4 Å². The van der Waals surface area contributed by atoms with Crippen LogP contribution in [0.2, 0.25) is 10.0 Å². The van der Waals surface area contributed by atoms with Crippen molar-refractivity contribution in [2.24, 2.45) is 0 Å². The molecule has 9 nitrogen and oxygen atoms in total. The number of furan rings is 2. The third kappa shape index (κ3) is 6.16. The highest BCUT2D eigenvalue weighted by molar-refractivity contribution is 6.42. The van der Waals surface area contributed by atoms with Gasteiger partial charge in [0.1, 0.15) is 11.4 Å². The lowest BCUT2D eigenvalue weighted by Gasteiger charge is -2.24. The zero-order valence-corrected chi connectivity index (χ0v) is 26.5. The Hall–Kier alpha value is -4.29. The summed E-state index contributed by atoms with van der Waals surface area (Å²) in [4.78, 5) is 29.3. The number of hydrogen-bond acceptors (Lipinski definition) is 6. The van der Waals surface area contributed by atoms with Crippen molar-refractivity contribution in [1.82, 2.24) is 19.6 Å². The summed E-state index contributed by atoms with van der Waals surface area (Å²) in [5.41, 5.74) is -2.52. The van der Waals surface area contributed by atoms with E-state index in [1.807, 2.05) is 41.5 Å². The largest absolute Gasteiger partial charge is 0.463 e. The van der Waals surface area contributed by atoms with E-state index < -0.39 is 50.4 Å². The molecule has 0 aliphatic carbocycles. The van der Waals surface area contributed by atoms with Gasteiger partial charge in [-0.05, 0) is 77.9 Å². The number of hydrogen-bond donors (Lipinski definition) is 0. The Kier molecular flexibility index (Phi) is 8.03. The van der Waals surface area contributed by atoms with Crippen LogP contribution in [0.4, 0.5) is 18.9 Å². The molecule has 0 aliphatic rings. The number of aromatic nitrogens is 4. The Morgan fingerprint density at radius 2 is 1.13 bits per heavy atom. The fraction of sp³-hybridized carbons (Fsp3) is 0.290. The summed E-state index contributed by atoms with van der Waals surface area (Å²) >= 11 is 12.7. The molecule has 0 radical (unpaired) electrons. The van der Waals surface area contributed by atoms with Crippen LogP contribution in [0.1, 0.15) is 68.1 Å². The quantitative estimate of drug-likeness (QED) is 0.174. The van der Waals surface area contributed by atoms with Gasteiger partial charge in [-0.2, -0.15) is 23.4 Å². The minimum absolute atomic E-state index is 0.224. The number of benzene rings is 1. The van der Waals surface area contributed by atoms with Gasteiger partial charge in [-0.25, -0.2) is 4.90 Å². The highest BCUT2D eigenvalue weighted by atomic mass is 35.5. The highest BCUT2D eigenvalue weighted by Crippen LogP contribution is 2.42. The second kappa shape index (κ2) is 11.3. The summed E-state index contributed by atoms with van der Waals surface area (Å²) in [6.45, 7) is 11.1. The molecule has 4 heterocycles. The fourth-order valence-electron chi connectivity index (χ4n) is 4.66. The van der Waals surface area contributed by atoms with Gasteiger partial charge in [0, 0.05) is 12.1 Å². The van der Waals surface area contributed by atoms with Crippen LogP contribution in [0, 0.1) is 0 Å². The molecule has 236 valence electrons. The standard InChI is InChI=1S/C31H28Cl2F3N5O4/c1-29(2,3)40-22(24-9-7-11-44-24)15-20(37-40)27(42)39(26-18(32)13-17(14-19(26)33)31(34,35)36)28(43)21-16-23(25-10-8-12-45-25)41(38-21)30(4,5)6/h7-16H,1-6H3. The number of amides is 2. The Labute approximate surface area is 266 Å². The lowest BCUT2D eigenvalue weighted by Crippen LogP contribution is -2.38. The van der Waals surface area contributed by atoms with Crippen LogP contribution >= 0.6 is 23.2 Å². The van der Waals surface area contributed by atoms with Gasteiger partial charge >= 0.3 is 6.18 Å². The number of alkyl halides is 3. The number of carbonyl (C=O) groups is 2. The molecule has 5 rings (SSSR count). The minimum Gasteiger partial charge on any atom is -0.463 e. The third-order valence-electron chi connectivity index (χ3n) is 6.65. The molecule has 0 bridgehead atoms. The van der Waals surface area contributed by atoms with Gasteiger partial charge in [0.05, 0.1) is 44.9 Å². The van der Waals surface area contributed by atoms with Gasteiger partial charge in [-0.1, -0.05) is 23.2 Å². The smallest absolute Gasteiger partial charge is 0.416 e. The Morgan fingerprint density at radius 3 is 1.44 bits per heavy atom. The zero-order valence-electron chi connectivity index (χ0n) is 25.0. The van der Waals surface area contributed by atoms with E-state index in [9.17, 15) is 22.8 Å². The van der Waals surface area contributed by atoms with E-state index in [1.54, 1.807) is 33.6 Å². The maximum absolute atomic E-state index is 14.3. The first-order valence-corrected chi connectivity index (χ1v) is 14.4. The molecule has 1 aromatic carbocycles. The number of rotatable bonds is 5. The van der Waals surface area contributed by atoms with Crippen LogP contribution in [-0.2, 0) is 17.3 Å². The second-order valence-electron chi connectivity index (χ2n) is 12.2. The highest BCUT2D eigenvalue weighted by Gasteiger charge is 2.38. The molecular weight excluding hydrogens is 634 g/mol. The van der Waals surface area contributed by atoms with Crippen LogP contribution in [0.3, 0.4) is 0 Å². The number of imide groups is 1. The summed E-state index contributed by atoms with van der Waals surface area (Å²) in [7, 11) is 0. The Morgan fingerprint density at radius 1 is 0.733 bits per heavy atom. The predicted octanol–water partition coefficient (Wildman–Crippen LogP) is 8.92. The van der Waals surface area contributed by atoms with Crippen LogP contribution < -0.4 is 4.90 Å². The van der Waals surface area contributed by atoms with Crippen molar-refractivity contribution < 1.29 is 31.6 Å². The third-order valence-corrected chi connectivity index (χ3v) is 7.23. The molecule has 0 aliphatic heterocycles. The van der Waals surface area contributed by atoms with E-state index in [0.717, 1.165) is 0 Å². The van der Waals surface area contributed by atoms with E-state index in [0.29, 0.717) is 39.9 Å². The molecule has 0 saturated carbocycles. The molecule has 0 saturated heterocycles. The molecule has 0 N–H and O–H groups in total. The zero-order chi connectivity index (χ0) is 33.1. The SMILES string of the molecule is CC(C)(C)n1nc(C(=O)N(C(=O)c2cc(-c3ccco3)n(C(C)(C)C)n2)c2c(Cl)cc(C(F)(F)F)cc2Cl)cc1-c1ccco1. The number of anilines is 1. The summed E-state index contributed by atoms with van der Waals surface area (Å²) in [6.07, 6.45) is -1.88. The lowest BCUT2D eigenvalue weighted by atomic mass is 10.1. The monoisotopic (exact) mass is 661 g/mol. The number of carbonyl (C=O) groups excluding carboxylic acids is 2. The van der Waals surface area contributed by atoms with Crippen LogP contribution in [0.25, 0.3) is 22.9 Å². The molecule has 0 atom stereocenters. The van der Waals surface area contributed by atoms with Crippen molar-refractivity contribution in [1.29, 1.82) is 0 Å². The van der Waals surface area contributed by atoms with Crippen molar-refractivity contribution in [3.05, 3.63) is 88.1 Å². The van der Waals surface area contributed by atoms with Crippen LogP contribution in [-0.4, -0.2) is 31.4 Å². The first-order valence-electron chi connectivity index (χ1n) is 13.6. The first-order chi connectivity index (χ1) is 20.9. The maximum atomic E-state index is 14.3. The molecule has 2 amide bonds. The molecule has 5 aromatic rings. The van der Waals surface area contributed by atoms with Gasteiger partial charge < -0.3 is 8.83 Å². The van der Waals surface area contributed by atoms with Crippen LogP contribution in [0.5, 0.6) is 0 Å². The van der Waals surface area contributed by atoms with Gasteiger partial charge in [0.15, 0.2) is 22.9 Å². The van der Waals surface area contributed by atoms with Gasteiger partial charge in [-0.15, -0.1) is 0 Å². The normalized spacial score (nSPS) is 12.5. The van der Waals surface area contributed by atoms with E-state index in [1.165, 1.54) is 24.7 Å². The minimum atomic E-state index is -4.79. The van der Waals surface area contributed by atoms with Gasteiger partial charge in [0.25, 0.3) is 11.8 Å². The summed E-state index contributed by atoms with van der Waals surface area (Å²) in [6, 6.07) is 10.7. The number of nitrogens with zero attached hydrogens (tertiary/aromatic N) is 5. The Balaban J connectivity index is 1.72. The van der Waals surface area contributed by atoms with E-state index >= 15 is 0 Å². The second-order valence-corrected chi connectivity index (χ2v) is 13.0. The van der Waals surface area contributed by atoms with Gasteiger partial charge in [0.2, 0.25) is 0 Å². The van der Waals surface area contributed by atoms with Crippen molar-refractivity contribution in [3.63, 3.8) is 0 Å². The van der Waals surface area contributed by atoms with Crippen molar-refractivity contribution in [2.75, 3.05) is 4.90 Å². The first kappa shape index (κ1) is 32.1. The van der Waals surface area contributed by atoms with E-state index in [4.69, 9.17) is 32.0 Å². The molecule has 14 heteroatoms. The lowest BCUT2D eigenvalue weighted by molar-refractivity contribution is -0.137. The van der Waals surface area contributed by atoms with Crippen molar-refractivity contribution in [2.45, 2.75) is 58.8 Å². The van der Waals surface area contributed by atoms with Crippen molar-refractivity contribution in [3.8, 4) is 22.9 Å². The summed E-state index contributed by atoms with van der Waals surface area (Å²) < 4.78 is 55.0. The predicted molar refractivity (Wildman–Crippen MR) is 162 cm³/mol. The van der Waals surface area contributed by atoms with E-state index in [2.05, 4.69) is 10.2 Å². The van der Waals surface area contributed by atoms with Gasteiger partial charge in [-0.3, -0.25) is 19.0 Å². The average molecular weight is 662 g/mol. The van der Waals surface area contributed by atoms with Crippen LogP contribution in [0.15, 0.2) is 69.9 Å². The molecule has 4 aromatic heterocycles. The van der Waals surface area contributed by atoms with Crippen molar-refractivity contribution >= 4 is 40.7 Å². The number of halogens is 5. The molecular formula is C31H28Cl2F3N5O4. The summed E-state index contributed by atoms with van der Waals surface area (Å²) in [5.74, 6) is -1.23. The fourth-order valence-corrected chi connectivity index (χ4v) is 5.32. The average Bonchev–Trinajstić information content (AvgIpc) is 3.73. The topological polar surface area (TPSA) is 99.3 Å². The molecule has 0 spiro atoms. The molecule has 0 fully saturated rings.